The number of hydrogen-bond donors (Lipinski definition) is 3. The molecule has 3 N–H and O–H groups in total. The van der Waals surface area contributed by atoms with Crippen molar-refractivity contribution >= 4 is 12.0 Å². The summed E-state index contributed by atoms with van der Waals surface area (Å²) in [6.45, 7) is 0.362. The minimum absolute atomic E-state index is 0.0457. The van der Waals surface area contributed by atoms with E-state index in [2.05, 4.69) is 5.32 Å². The summed E-state index contributed by atoms with van der Waals surface area (Å²) < 4.78 is 28.0. The van der Waals surface area contributed by atoms with Gasteiger partial charge in [-0.3, -0.25) is 4.79 Å². The third-order valence-electron chi connectivity index (χ3n) is 5.71. The monoisotopic (exact) mass is 382 g/mol. The molecule has 8 heteroatoms. The molecular formula is C19H24F2N2O4. The average Bonchev–Trinajstić information content (AvgIpc) is 2.62. The first-order valence-corrected chi connectivity index (χ1v) is 9.25. The maximum Gasteiger partial charge on any atom is 0.317 e. The van der Waals surface area contributed by atoms with Crippen LogP contribution in [0, 0.1) is 17.6 Å². The number of carbonyl (C=O) groups excluding carboxylic acids is 1. The average molecular weight is 382 g/mol. The third kappa shape index (κ3) is 4.21. The van der Waals surface area contributed by atoms with E-state index in [0.717, 1.165) is 12.1 Å². The van der Waals surface area contributed by atoms with Gasteiger partial charge in [0.25, 0.3) is 0 Å². The lowest BCUT2D eigenvalue weighted by molar-refractivity contribution is -0.142. The normalized spacial score (nSPS) is 25.1. The van der Waals surface area contributed by atoms with Crippen molar-refractivity contribution in [2.75, 3.05) is 13.1 Å². The van der Waals surface area contributed by atoms with E-state index in [1.54, 1.807) is 0 Å². The van der Waals surface area contributed by atoms with Crippen molar-refractivity contribution in [2.24, 2.45) is 5.92 Å². The number of benzene rings is 1. The fourth-order valence-corrected chi connectivity index (χ4v) is 4.02. The highest BCUT2D eigenvalue weighted by molar-refractivity contribution is 5.75. The molecule has 1 aliphatic heterocycles. The lowest BCUT2D eigenvalue weighted by Crippen LogP contribution is -2.51. The number of hydrogen-bond acceptors (Lipinski definition) is 3. The predicted molar refractivity (Wildman–Crippen MR) is 93.0 cm³/mol. The molecule has 1 saturated heterocycles. The molecule has 2 amide bonds. The summed E-state index contributed by atoms with van der Waals surface area (Å²) in [5.41, 5.74) is -1.97. The highest BCUT2D eigenvalue weighted by Crippen LogP contribution is 2.36. The number of rotatable bonds is 3. The number of halogens is 2. The SMILES string of the molecule is O=C(O)C1CCC(NC(=O)N2CCC(O)(c3c(F)cccc3F)CC2)CC1. The van der Waals surface area contributed by atoms with Gasteiger partial charge in [0.05, 0.1) is 17.1 Å². The Kier molecular flexibility index (Phi) is 5.64. The number of aliphatic carboxylic acids is 1. The van der Waals surface area contributed by atoms with Crippen LogP contribution in [-0.4, -0.2) is 46.2 Å². The van der Waals surface area contributed by atoms with Crippen LogP contribution in [0.3, 0.4) is 0 Å². The van der Waals surface area contributed by atoms with Crippen molar-refractivity contribution in [1.82, 2.24) is 10.2 Å². The number of carbonyl (C=O) groups is 2. The Hall–Kier alpha value is -2.22. The minimum Gasteiger partial charge on any atom is -0.481 e. The van der Waals surface area contributed by atoms with Crippen molar-refractivity contribution < 1.29 is 28.6 Å². The van der Waals surface area contributed by atoms with Crippen LogP contribution in [0.25, 0.3) is 0 Å². The van der Waals surface area contributed by atoms with Crippen molar-refractivity contribution in [1.29, 1.82) is 0 Å². The van der Waals surface area contributed by atoms with Crippen LogP contribution in [0.1, 0.15) is 44.1 Å². The second-order valence-corrected chi connectivity index (χ2v) is 7.45. The lowest BCUT2D eigenvalue weighted by Gasteiger charge is -2.39. The molecule has 0 aromatic heterocycles. The Balaban J connectivity index is 1.55. The summed E-state index contributed by atoms with van der Waals surface area (Å²) in [5, 5.41) is 22.6. The Labute approximate surface area is 156 Å². The first-order valence-electron chi connectivity index (χ1n) is 9.25. The largest absolute Gasteiger partial charge is 0.481 e. The molecule has 3 rings (SSSR count). The van der Waals surface area contributed by atoms with Gasteiger partial charge < -0.3 is 20.4 Å². The quantitative estimate of drug-likeness (QED) is 0.750. The summed E-state index contributed by atoms with van der Waals surface area (Å²) in [6, 6.07) is 3.12. The first kappa shape index (κ1) is 19.5. The van der Waals surface area contributed by atoms with E-state index in [1.807, 2.05) is 0 Å². The Morgan fingerprint density at radius 1 is 1.07 bits per heavy atom. The van der Waals surface area contributed by atoms with Gasteiger partial charge in [-0.25, -0.2) is 13.6 Å². The molecule has 1 aromatic carbocycles. The van der Waals surface area contributed by atoms with E-state index in [9.17, 15) is 23.5 Å². The van der Waals surface area contributed by atoms with Crippen molar-refractivity contribution in [3.8, 4) is 0 Å². The number of likely N-dealkylation sites (tertiary alicyclic amines) is 1. The van der Waals surface area contributed by atoms with Gasteiger partial charge in [-0.1, -0.05) is 6.07 Å². The third-order valence-corrected chi connectivity index (χ3v) is 5.71. The predicted octanol–water partition coefficient (Wildman–Crippen LogP) is 2.60. The molecule has 148 valence electrons. The van der Waals surface area contributed by atoms with Gasteiger partial charge in [0.2, 0.25) is 0 Å². The zero-order valence-electron chi connectivity index (χ0n) is 15.0. The number of nitrogens with one attached hydrogen (secondary N) is 1. The molecule has 0 radical (unpaired) electrons. The second kappa shape index (κ2) is 7.80. The number of amides is 2. The fraction of sp³-hybridized carbons (Fsp3) is 0.579. The number of aliphatic hydroxyl groups is 1. The summed E-state index contributed by atoms with van der Waals surface area (Å²) in [5.74, 6) is -2.72. The van der Waals surface area contributed by atoms with Crippen LogP contribution >= 0.6 is 0 Å². The van der Waals surface area contributed by atoms with Crippen LogP contribution in [0.4, 0.5) is 13.6 Å². The fourth-order valence-electron chi connectivity index (χ4n) is 4.02. The van der Waals surface area contributed by atoms with E-state index < -0.39 is 23.2 Å². The molecule has 1 aromatic rings. The number of piperidine rings is 1. The summed E-state index contributed by atoms with van der Waals surface area (Å²) in [4.78, 5) is 24.9. The molecular weight excluding hydrogens is 358 g/mol. The molecule has 2 fully saturated rings. The van der Waals surface area contributed by atoms with Gasteiger partial charge >= 0.3 is 12.0 Å². The van der Waals surface area contributed by atoms with Crippen LogP contribution in [-0.2, 0) is 10.4 Å². The molecule has 1 aliphatic carbocycles. The molecule has 27 heavy (non-hydrogen) atoms. The highest BCUT2D eigenvalue weighted by atomic mass is 19.1. The molecule has 1 heterocycles. The van der Waals surface area contributed by atoms with Gasteiger partial charge in [-0.2, -0.15) is 0 Å². The van der Waals surface area contributed by atoms with Gasteiger partial charge in [0.1, 0.15) is 11.6 Å². The topological polar surface area (TPSA) is 89.9 Å². The second-order valence-electron chi connectivity index (χ2n) is 7.45. The standard InChI is InChI=1S/C19H24F2N2O4/c20-14-2-1-3-15(21)16(14)19(27)8-10-23(11-9-19)18(26)22-13-6-4-12(5-7-13)17(24)25/h1-3,12-13,27H,4-11H2,(H,22,26)(H,24,25). The molecule has 2 aliphatic rings. The summed E-state index contributed by atoms with van der Waals surface area (Å²) in [6.07, 6.45) is 2.38. The molecule has 0 spiro atoms. The molecule has 6 nitrogen and oxygen atoms in total. The highest BCUT2D eigenvalue weighted by Gasteiger charge is 2.39. The van der Waals surface area contributed by atoms with Gasteiger partial charge in [-0.05, 0) is 50.7 Å². The Morgan fingerprint density at radius 3 is 2.15 bits per heavy atom. The molecule has 0 unspecified atom stereocenters. The summed E-state index contributed by atoms with van der Waals surface area (Å²) in [7, 11) is 0. The zero-order chi connectivity index (χ0) is 19.6. The first-order chi connectivity index (χ1) is 12.8. The Morgan fingerprint density at radius 2 is 1.63 bits per heavy atom. The van der Waals surface area contributed by atoms with E-state index in [0.29, 0.717) is 25.7 Å². The van der Waals surface area contributed by atoms with E-state index >= 15 is 0 Å². The number of carboxylic acid groups (broad SMARTS) is 1. The van der Waals surface area contributed by atoms with Gasteiger partial charge in [0.15, 0.2) is 0 Å². The van der Waals surface area contributed by atoms with Gasteiger partial charge in [0, 0.05) is 19.1 Å². The molecule has 0 atom stereocenters. The van der Waals surface area contributed by atoms with Crippen LogP contribution in [0.15, 0.2) is 18.2 Å². The van der Waals surface area contributed by atoms with E-state index in [1.165, 1.54) is 11.0 Å². The molecule has 1 saturated carbocycles. The minimum atomic E-state index is -1.63. The zero-order valence-corrected chi connectivity index (χ0v) is 15.0. The number of nitrogens with zero attached hydrogens (tertiary/aromatic N) is 1. The summed E-state index contributed by atoms with van der Waals surface area (Å²) >= 11 is 0. The van der Waals surface area contributed by atoms with Crippen molar-refractivity contribution in [3.63, 3.8) is 0 Å². The van der Waals surface area contributed by atoms with Crippen LogP contribution in [0.5, 0.6) is 0 Å². The lowest BCUT2D eigenvalue weighted by atomic mass is 9.83. The number of carboxylic acids is 1. The van der Waals surface area contributed by atoms with Crippen molar-refractivity contribution in [3.05, 3.63) is 35.4 Å². The molecule has 0 bridgehead atoms. The maximum atomic E-state index is 14.0. The Bertz CT molecular complexity index is 691. The van der Waals surface area contributed by atoms with Crippen LogP contribution in [0.2, 0.25) is 0 Å². The number of urea groups is 1. The van der Waals surface area contributed by atoms with E-state index in [4.69, 9.17) is 5.11 Å². The maximum absolute atomic E-state index is 14.0. The van der Waals surface area contributed by atoms with Gasteiger partial charge in [-0.15, -0.1) is 0 Å². The smallest absolute Gasteiger partial charge is 0.317 e. The van der Waals surface area contributed by atoms with Crippen molar-refractivity contribution in [2.45, 2.75) is 50.2 Å². The van der Waals surface area contributed by atoms with E-state index in [-0.39, 0.29) is 49.5 Å². The van der Waals surface area contributed by atoms with Crippen LogP contribution < -0.4 is 5.32 Å².